The van der Waals surface area contributed by atoms with Crippen molar-refractivity contribution in [2.45, 2.75) is 25.3 Å². The van der Waals surface area contributed by atoms with E-state index in [9.17, 15) is 0 Å². The molecule has 0 amide bonds. The number of hydrogen-bond donors (Lipinski definition) is 1. The molecule has 110 valence electrons. The molecule has 0 bridgehead atoms. The predicted octanol–water partition coefficient (Wildman–Crippen LogP) is 2.97. The van der Waals surface area contributed by atoms with Crippen LogP contribution in [0.4, 0.5) is 0 Å². The molecule has 21 heavy (non-hydrogen) atoms. The van der Waals surface area contributed by atoms with E-state index in [1.807, 2.05) is 12.3 Å². The van der Waals surface area contributed by atoms with Crippen molar-refractivity contribution in [3.8, 4) is 0 Å². The summed E-state index contributed by atoms with van der Waals surface area (Å²) in [5.41, 5.74) is 8.58. The van der Waals surface area contributed by atoms with Gasteiger partial charge in [0.15, 0.2) is 0 Å². The molecule has 3 nitrogen and oxygen atoms in total. The summed E-state index contributed by atoms with van der Waals surface area (Å²) in [5, 5.41) is 1.22. The van der Waals surface area contributed by atoms with E-state index in [-0.39, 0.29) is 0 Å². The molecular weight excluding hydrogens is 258 g/mol. The molecule has 1 saturated heterocycles. The fourth-order valence-corrected chi connectivity index (χ4v) is 4.40. The van der Waals surface area contributed by atoms with Crippen molar-refractivity contribution in [3.63, 3.8) is 0 Å². The van der Waals surface area contributed by atoms with E-state index >= 15 is 0 Å². The van der Waals surface area contributed by atoms with Gasteiger partial charge in [0.2, 0.25) is 0 Å². The van der Waals surface area contributed by atoms with Crippen LogP contribution in [0, 0.1) is 11.8 Å². The molecule has 2 aromatic rings. The first-order chi connectivity index (χ1) is 10.4. The van der Waals surface area contributed by atoms with Crippen molar-refractivity contribution in [3.05, 3.63) is 42.1 Å². The van der Waals surface area contributed by atoms with Crippen LogP contribution in [0.2, 0.25) is 0 Å². The van der Waals surface area contributed by atoms with Crippen molar-refractivity contribution in [1.82, 2.24) is 9.88 Å². The Kier molecular flexibility index (Phi) is 3.40. The number of hydrogen-bond acceptors (Lipinski definition) is 3. The third-order valence-corrected chi connectivity index (χ3v) is 5.44. The minimum atomic E-state index is 0.314. The number of likely N-dealkylation sites (tertiary alicyclic amines) is 1. The van der Waals surface area contributed by atoms with E-state index in [0.717, 1.165) is 17.4 Å². The number of fused-ring (bicyclic) bond motifs is 2. The van der Waals surface area contributed by atoms with Gasteiger partial charge in [-0.1, -0.05) is 30.7 Å². The predicted molar refractivity (Wildman–Crippen MR) is 85.9 cm³/mol. The summed E-state index contributed by atoms with van der Waals surface area (Å²) in [6.45, 7) is 3.11. The van der Waals surface area contributed by atoms with Crippen LogP contribution in [-0.2, 0) is 0 Å². The maximum absolute atomic E-state index is 6.16. The minimum absolute atomic E-state index is 0.314. The Morgan fingerprint density at radius 3 is 2.67 bits per heavy atom. The first kappa shape index (κ1) is 13.2. The molecule has 1 aromatic carbocycles. The molecule has 0 spiro atoms. The highest BCUT2D eigenvalue weighted by Crippen LogP contribution is 2.41. The van der Waals surface area contributed by atoms with Crippen LogP contribution in [0.5, 0.6) is 0 Å². The van der Waals surface area contributed by atoms with Gasteiger partial charge in [-0.3, -0.25) is 9.88 Å². The maximum atomic E-state index is 6.16. The van der Waals surface area contributed by atoms with Crippen molar-refractivity contribution in [2.75, 3.05) is 19.6 Å². The molecule has 3 heteroatoms. The minimum Gasteiger partial charge on any atom is -0.329 e. The van der Waals surface area contributed by atoms with E-state index in [2.05, 4.69) is 34.1 Å². The first-order valence-corrected chi connectivity index (χ1v) is 8.14. The average Bonchev–Trinajstić information content (AvgIpc) is 3.10. The smallest absolute Gasteiger partial charge is 0.0750 e. The van der Waals surface area contributed by atoms with Crippen molar-refractivity contribution >= 4 is 10.9 Å². The van der Waals surface area contributed by atoms with Gasteiger partial charge in [-0.2, -0.15) is 0 Å². The van der Waals surface area contributed by atoms with Crippen LogP contribution >= 0.6 is 0 Å². The Morgan fingerprint density at radius 2 is 1.90 bits per heavy atom. The second-order valence-corrected chi connectivity index (χ2v) is 6.58. The molecule has 3 atom stereocenters. The van der Waals surface area contributed by atoms with Crippen molar-refractivity contribution < 1.29 is 0 Å². The first-order valence-electron chi connectivity index (χ1n) is 8.14. The zero-order chi connectivity index (χ0) is 14.2. The lowest BCUT2D eigenvalue weighted by Gasteiger charge is -2.28. The largest absolute Gasteiger partial charge is 0.329 e. The lowest BCUT2D eigenvalue weighted by molar-refractivity contribution is 0.233. The topological polar surface area (TPSA) is 42.1 Å². The SMILES string of the molecule is NCC(c1cccc2cccnc12)N1CC2CCCC2C1. The normalized spacial score (nSPS) is 27.1. The molecular formula is C18H23N3. The summed E-state index contributed by atoms with van der Waals surface area (Å²) < 4.78 is 0. The molecule has 2 N–H and O–H groups in total. The number of benzene rings is 1. The molecule has 1 saturated carbocycles. The fourth-order valence-electron chi connectivity index (χ4n) is 4.40. The van der Waals surface area contributed by atoms with Crippen LogP contribution in [0.15, 0.2) is 36.5 Å². The molecule has 3 unspecified atom stereocenters. The van der Waals surface area contributed by atoms with E-state index in [0.29, 0.717) is 12.6 Å². The third kappa shape index (κ3) is 2.25. The quantitative estimate of drug-likeness (QED) is 0.940. The van der Waals surface area contributed by atoms with Gasteiger partial charge in [0.1, 0.15) is 0 Å². The number of nitrogens with two attached hydrogens (primary N) is 1. The molecule has 1 aliphatic heterocycles. The number of para-hydroxylation sites is 1. The summed E-state index contributed by atoms with van der Waals surface area (Å²) in [6.07, 6.45) is 6.13. The van der Waals surface area contributed by atoms with Crippen molar-refractivity contribution in [1.29, 1.82) is 0 Å². The number of aromatic nitrogens is 1. The van der Waals surface area contributed by atoms with E-state index < -0.39 is 0 Å². The average molecular weight is 281 g/mol. The second-order valence-electron chi connectivity index (χ2n) is 6.58. The molecule has 2 heterocycles. The Balaban J connectivity index is 1.69. The molecule has 1 aromatic heterocycles. The van der Waals surface area contributed by atoms with Crippen LogP contribution in [0.1, 0.15) is 30.9 Å². The van der Waals surface area contributed by atoms with Crippen LogP contribution < -0.4 is 5.73 Å². The molecule has 2 aliphatic rings. The third-order valence-electron chi connectivity index (χ3n) is 5.44. The highest BCUT2D eigenvalue weighted by molar-refractivity contribution is 5.82. The van der Waals surface area contributed by atoms with Gasteiger partial charge in [-0.05, 0) is 36.3 Å². The van der Waals surface area contributed by atoms with Gasteiger partial charge in [-0.15, -0.1) is 0 Å². The number of nitrogens with zero attached hydrogens (tertiary/aromatic N) is 2. The van der Waals surface area contributed by atoms with Gasteiger partial charge in [0.25, 0.3) is 0 Å². The van der Waals surface area contributed by atoms with E-state index in [1.165, 1.54) is 43.3 Å². The molecule has 4 rings (SSSR count). The highest BCUT2D eigenvalue weighted by atomic mass is 15.2. The monoisotopic (exact) mass is 281 g/mol. The second kappa shape index (κ2) is 5.39. The van der Waals surface area contributed by atoms with Crippen LogP contribution in [-0.4, -0.2) is 29.5 Å². The van der Waals surface area contributed by atoms with Gasteiger partial charge < -0.3 is 5.73 Å². The lowest BCUT2D eigenvalue weighted by atomic mass is 10.0. The van der Waals surface area contributed by atoms with Crippen LogP contribution in [0.3, 0.4) is 0 Å². The zero-order valence-electron chi connectivity index (χ0n) is 12.4. The summed E-state index contributed by atoms with van der Waals surface area (Å²) >= 11 is 0. The Morgan fingerprint density at radius 1 is 1.14 bits per heavy atom. The standard InChI is InChI=1S/C18H23N3/c19-10-17(21-11-14-5-1-6-15(14)12-21)16-8-2-4-13-7-3-9-20-18(13)16/h2-4,7-9,14-15,17H,1,5-6,10-12,19H2. The van der Waals surface area contributed by atoms with Gasteiger partial charge in [0, 0.05) is 37.3 Å². The van der Waals surface area contributed by atoms with Crippen molar-refractivity contribution in [2.24, 2.45) is 17.6 Å². The summed E-state index contributed by atoms with van der Waals surface area (Å²) in [4.78, 5) is 7.22. The Bertz CT molecular complexity index is 622. The van der Waals surface area contributed by atoms with Gasteiger partial charge in [0.05, 0.1) is 5.52 Å². The molecule has 1 aliphatic carbocycles. The zero-order valence-corrected chi connectivity index (χ0v) is 12.4. The molecule has 0 radical (unpaired) electrons. The highest BCUT2D eigenvalue weighted by Gasteiger charge is 2.38. The summed E-state index contributed by atoms with van der Waals surface area (Å²) in [6, 6.07) is 10.9. The van der Waals surface area contributed by atoms with E-state index in [1.54, 1.807) is 0 Å². The fraction of sp³-hybridized carbons (Fsp3) is 0.500. The summed E-state index contributed by atoms with van der Waals surface area (Å²) in [7, 11) is 0. The lowest BCUT2D eigenvalue weighted by Crippen LogP contribution is -2.33. The number of pyridine rings is 1. The Hall–Kier alpha value is -1.45. The van der Waals surface area contributed by atoms with Crippen LogP contribution in [0.25, 0.3) is 10.9 Å². The number of rotatable bonds is 3. The Labute approximate surface area is 126 Å². The summed E-state index contributed by atoms with van der Waals surface area (Å²) in [5.74, 6) is 1.81. The van der Waals surface area contributed by atoms with Gasteiger partial charge in [-0.25, -0.2) is 0 Å². The maximum Gasteiger partial charge on any atom is 0.0750 e. The van der Waals surface area contributed by atoms with E-state index in [4.69, 9.17) is 5.73 Å². The van der Waals surface area contributed by atoms with Gasteiger partial charge >= 0.3 is 0 Å². The molecule has 2 fully saturated rings.